The third kappa shape index (κ3) is 2.05. The first-order valence-electron chi connectivity index (χ1n) is 5.38. The summed E-state index contributed by atoms with van der Waals surface area (Å²) in [5, 5.41) is 6.53. The summed E-state index contributed by atoms with van der Waals surface area (Å²) in [6, 6.07) is 7.57. The molecule has 2 heterocycles. The van der Waals surface area contributed by atoms with Gasteiger partial charge in [0.15, 0.2) is 0 Å². The van der Waals surface area contributed by atoms with Crippen LogP contribution in [0.15, 0.2) is 36.9 Å². The molecule has 2 N–H and O–H groups in total. The summed E-state index contributed by atoms with van der Waals surface area (Å²) in [5.41, 5.74) is 1.70. The number of hydrogen-bond donors (Lipinski definition) is 2. The Bertz CT molecular complexity index is 639. The number of imidazole rings is 1. The number of benzene rings is 1. The Morgan fingerprint density at radius 1 is 1.39 bits per heavy atom. The summed E-state index contributed by atoms with van der Waals surface area (Å²) in [5.74, 6) is 0.223. The van der Waals surface area contributed by atoms with E-state index >= 15 is 0 Å². The molecule has 90 valence electrons. The molecule has 3 rings (SSSR count). The molecule has 3 aromatic rings. The maximum absolute atomic E-state index is 11.7. The van der Waals surface area contributed by atoms with Crippen molar-refractivity contribution >= 4 is 22.9 Å². The first kappa shape index (κ1) is 10.5. The third-order valence-electron chi connectivity index (χ3n) is 2.42. The highest BCUT2D eigenvalue weighted by atomic mass is 16.2. The number of H-pyrrole nitrogens is 1. The summed E-state index contributed by atoms with van der Waals surface area (Å²) in [7, 11) is 0. The molecule has 1 amide bonds. The van der Waals surface area contributed by atoms with Crippen molar-refractivity contribution in [3.8, 4) is 0 Å². The van der Waals surface area contributed by atoms with Gasteiger partial charge in [0.2, 0.25) is 11.9 Å². The van der Waals surface area contributed by atoms with Gasteiger partial charge in [0.25, 0.3) is 0 Å². The van der Waals surface area contributed by atoms with Crippen molar-refractivity contribution in [2.75, 3.05) is 5.32 Å². The largest absolute Gasteiger partial charge is 0.324 e. The van der Waals surface area contributed by atoms with Crippen LogP contribution in [0.4, 0.5) is 5.95 Å². The van der Waals surface area contributed by atoms with Crippen LogP contribution in [0.1, 0.15) is 0 Å². The molecule has 0 fully saturated rings. The molecule has 0 radical (unpaired) electrons. The van der Waals surface area contributed by atoms with Gasteiger partial charge in [0.1, 0.15) is 19.2 Å². The molecule has 7 nitrogen and oxygen atoms in total. The summed E-state index contributed by atoms with van der Waals surface area (Å²) in [6.07, 6.45) is 2.87. The maximum atomic E-state index is 11.7. The quantitative estimate of drug-likeness (QED) is 0.710. The van der Waals surface area contributed by atoms with Crippen molar-refractivity contribution in [1.29, 1.82) is 0 Å². The molecule has 7 heteroatoms. The van der Waals surface area contributed by atoms with Crippen LogP contribution in [0.2, 0.25) is 0 Å². The van der Waals surface area contributed by atoms with Crippen molar-refractivity contribution in [3.63, 3.8) is 0 Å². The van der Waals surface area contributed by atoms with E-state index in [4.69, 9.17) is 0 Å². The average molecular weight is 242 g/mol. The van der Waals surface area contributed by atoms with Gasteiger partial charge in [-0.15, -0.1) is 0 Å². The van der Waals surface area contributed by atoms with Gasteiger partial charge in [-0.2, -0.15) is 5.10 Å². The predicted octanol–water partition coefficient (Wildman–Crippen LogP) is 0.793. The number of rotatable bonds is 3. The molecule has 2 aromatic heterocycles. The average Bonchev–Trinajstić information content (AvgIpc) is 2.96. The molecule has 0 aliphatic rings. The molecule has 1 aromatic carbocycles. The van der Waals surface area contributed by atoms with Gasteiger partial charge in [-0.25, -0.2) is 14.6 Å². The molecule has 0 aliphatic heterocycles. The van der Waals surface area contributed by atoms with Crippen LogP contribution in [0.25, 0.3) is 11.0 Å². The fourth-order valence-corrected chi connectivity index (χ4v) is 1.65. The second kappa shape index (κ2) is 4.28. The van der Waals surface area contributed by atoms with E-state index in [2.05, 4.69) is 25.4 Å². The smallest absolute Gasteiger partial charge is 0.248 e. The van der Waals surface area contributed by atoms with Crippen LogP contribution in [0.5, 0.6) is 0 Å². The highest BCUT2D eigenvalue weighted by molar-refractivity contribution is 5.90. The van der Waals surface area contributed by atoms with Crippen LogP contribution >= 0.6 is 0 Å². The van der Waals surface area contributed by atoms with Crippen molar-refractivity contribution < 1.29 is 4.79 Å². The first-order valence-corrected chi connectivity index (χ1v) is 5.38. The number of carbonyl (C=O) groups excluding carboxylic acids is 1. The topological polar surface area (TPSA) is 88.5 Å². The molecular formula is C11H10N6O. The van der Waals surface area contributed by atoms with Gasteiger partial charge in [-0.1, -0.05) is 12.1 Å². The normalized spacial score (nSPS) is 10.7. The molecule has 0 atom stereocenters. The zero-order valence-corrected chi connectivity index (χ0v) is 9.37. The molecule has 18 heavy (non-hydrogen) atoms. The Morgan fingerprint density at radius 3 is 3.06 bits per heavy atom. The van der Waals surface area contributed by atoms with E-state index in [1.165, 1.54) is 17.3 Å². The zero-order chi connectivity index (χ0) is 12.4. The standard InChI is InChI=1S/C11H10N6O/c18-10(5-17-7-12-6-13-17)16-11-14-8-3-1-2-4-9(8)15-11/h1-4,6-7H,5H2,(H2,14,15,16,18). The van der Waals surface area contributed by atoms with Gasteiger partial charge < -0.3 is 4.98 Å². The van der Waals surface area contributed by atoms with Gasteiger partial charge in [0.05, 0.1) is 11.0 Å². The number of fused-ring (bicyclic) bond motifs is 1. The van der Waals surface area contributed by atoms with E-state index in [9.17, 15) is 4.79 Å². The number of amides is 1. The molecule has 0 spiro atoms. The van der Waals surface area contributed by atoms with Crippen molar-refractivity contribution in [2.45, 2.75) is 6.54 Å². The molecule has 0 aliphatic carbocycles. The van der Waals surface area contributed by atoms with E-state index in [-0.39, 0.29) is 12.5 Å². The Kier molecular flexibility index (Phi) is 2.49. The van der Waals surface area contributed by atoms with Gasteiger partial charge >= 0.3 is 0 Å². The van der Waals surface area contributed by atoms with Crippen LogP contribution < -0.4 is 5.32 Å². The van der Waals surface area contributed by atoms with E-state index in [0.717, 1.165) is 11.0 Å². The van der Waals surface area contributed by atoms with Crippen molar-refractivity contribution in [3.05, 3.63) is 36.9 Å². The third-order valence-corrected chi connectivity index (χ3v) is 2.42. The number of aromatic nitrogens is 5. The maximum Gasteiger partial charge on any atom is 0.248 e. The number of hydrogen-bond acceptors (Lipinski definition) is 4. The second-order valence-corrected chi connectivity index (χ2v) is 3.74. The van der Waals surface area contributed by atoms with Gasteiger partial charge in [0, 0.05) is 0 Å². The minimum atomic E-state index is -0.209. The van der Waals surface area contributed by atoms with Crippen LogP contribution in [0, 0.1) is 0 Å². The summed E-state index contributed by atoms with van der Waals surface area (Å²) in [4.78, 5) is 22.7. The van der Waals surface area contributed by atoms with Crippen LogP contribution in [-0.4, -0.2) is 30.6 Å². The van der Waals surface area contributed by atoms with Crippen molar-refractivity contribution in [1.82, 2.24) is 24.7 Å². The van der Waals surface area contributed by atoms with E-state index in [0.29, 0.717) is 5.95 Å². The molecule has 0 unspecified atom stereocenters. The SMILES string of the molecule is O=C(Cn1cncn1)Nc1nc2ccccc2[nH]1. The highest BCUT2D eigenvalue weighted by Crippen LogP contribution is 2.12. The Balaban J connectivity index is 1.74. The molecule has 0 saturated carbocycles. The first-order chi connectivity index (χ1) is 8.81. The molecule has 0 saturated heterocycles. The van der Waals surface area contributed by atoms with E-state index in [1.807, 2.05) is 24.3 Å². The van der Waals surface area contributed by atoms with Gasteiger partial charge in [-0.05, 0) is 12.1 Å². The monoisotopic (exact) mass is 242 g/mol. The Morgan fingerprint density at radius 2 is 2.28 bits per heavy atom. The zero-order valence-electron chi connectivity index (χ0n) is 9.37. The number of nitrogens with one attached hydrogen (secondary N) is 2. The molecular weight excluding hydrogens is 232 g/mol. The fraction of sp³-hybridized carbons (Fsp3) is 0.0909. The van der Waals surface area contributed by atoms with Gasteiger partial charge in [-0.3, -0.25) is 10.1 Å². The second-order valence-electron chi connectivity index (χ2n) is 3.74. The number of para-hydroxylation sites is 2. The summed E-state index contributed by atoms with van der Waals surface area (Å²) in [6.45, 7) is 0.108. The van der Waals surface area contributed by atoms with E-state index < -0.39 is 0 Å². The summed E-state index contributed by atoms with van der Waals surface area (Å²) >= 11 is 0. The minimum absolute atomic E-state index is 0.108. The minimum Gasteiger partial charge on any atom is -0.324 e. The Labute approximate surface area is 102 Å². The summed E-state index contributed by atoms with van der Waals surface area (Å²) < 4.78 is 1.44. The van der Waals surface area contributed by atoms with Crippen molar-refractivity contribution in [2.24, 2.45) is 0 Å². The van der Waals surface area contributed by atoms with E-state index in [1.54, 1.807) is 0 Å². The number of nitrogens with zero attached hydrogens (tertiary/aromatic N) is 4. The number of anilines is 1. The fourth-order valence-electron chi connectivity index (χ4n) is 1.65. The molecule has 0 bridgehead atoms. The number of carbonyl (C=O) groups is 1. The lowest BCUT2D eigenvalue weighted by molar-refractivity contribution is -0.116. The lowest BCUT2D eigenvalue weighted by atomic mass is 10.3. The lowest BCUT2D eigenvalue weighted by Crippen LogP contribution is -2.19. The Hall–Kier alpha value is -2.70. The van der Waals surface area contributed by atoms with Crippen LogP contribution in [-0.2, 0) is 11.3 Å². The van der Waals surface area contributed by atoms with Crippen LogP contribution in [0.3, 0.4) is 0 Å². The predicted molar refractivity (Wildman–Crippen MR) is 64.7 cm³/mol. The number of aromatic amines is 1. The highest BCUT2D eigenvalue weighted by Gasteiger charge is 2.07. The lowest BCUT2D eigenvalue weighted by Gasteiger charge is -2.00.